The summed E-state index contributed by atoms with van der Waals surface area (Å²) in [6, 6.07) is 12.0. The standard InChI is InChI=1S/C22H26N2O5/c1-14(2)29-18-8-5-15(6-9-18)22(26)23-16-11-21(25)24(13-16)17-7-10-19(27-3)20(12-17)28-4/h5-10,12,14,16H,11,13H2,1-4H3,(H,23,26). The molecule has 29 heavy (non-hydrogen) atoms. The molecule has 1 saturated heterocycles. The molecule has 2 aromatic rings. The van der Waals surface area contributed by atoms with Crippen molar-refractivity contribution in [2.45, 2.75) is 32.4 Å². The topological polar surface area (TPSA) is 77.1 Å². The maximum atomic E-state index is 12.5. The number of hydrogen-bond acceptors (Lipinski definition) is 5. The predicted octanol–water partition coefficient (Wildman–Crippen LogP) is 3.03. The Bertz CT molecular complexity index is 879. The van der Waals surface area contributed by atoms with Crippen molar-refractivity contribution in [1.29, 1.82) is 0 Å². The first-order valence-corrected chi connectivity index (χ1v) is 9.51. The van der Waals surface area contributed by atoms with Crippen LogP contribution in [-0.4, -0.2) is 44.7 Å². The minimum absolute atomic E-state index is 0.0526. The zero-order chi connectivity index (χ0) is 21.0. The minimum atomic E-state index is -0.269. The van der Waals surface area contributed by atoms with Crippen molar-refractivity contribution in [1.82, 2.24) is 5.32 Å². The molecule has 1 N–H and O–H groups in total. The summed E-state index contributed by atoms with van der Waals surface area (Å²) in [5.41, 5.74) is 1.23. The highest BCUT2D eigenvalue weighted by molar-refractivity contribution is 5.99. The van der Waals surface area contributed by atoms with Crippen LogP contribution in [0.25, 0.3) is 0 Å². The second-order valence-corrected chi connectivity index (χ2v) is 7.11. The van der Waals surface area contributed by atoms with Gasteiger partial charge in [-0.05, 0) is 50.2 Å². The highest BCUT2D eigenvalue weighted by atomic mass is 16.5. The Morgan fingerprint density at radius 1 is 1.07 bits per heavy atom. The van der Waals surface area contributed by atoms with Crippen molar-refractivity contribution in [3.05, 3.63) is 48.0 Å². The maximum absolute atomic E-state index is 12.5. The molecule has 2 aromatic carbocycles. The quantitative estimate of drug-likeness (QED) is 0.776. The van der Waals surface area contributed by atoms with Gasteiger partial charge in [0, 0.05) is 30.3 Å². The van der Waals surface area contributed by atoms with E-state index in [4.69, 9.17) is 14.2 Å². The van der Waals surface area contributed by atoms with Crippen LogP contribution in [0.1, 0.15) is 30.6 Å². The Morgan fingerprint density at radius 3 is 2.38 bits per heavy atom. The Balaban J connectivity index is 1.65. The molecule has 0 aromatic heterocycles. The van der Waals surface area contributed by atoms with Gasteiger partial charge in [0.1, 0.15) is 5.75 Å². The van der Waals surface area contributed by atoms with Gasteiger partial charge in [0.25, 0.3) is 5.91 Å². The van der Waals surface area contributed by atoms with Crippen molar-refractivity contribution >= 4 is 17.5 Å². The van der Waals surface area contributed by atoms with E-state index in [0.717, 1.165) is 0 Å². The van der Waals surface area contributed by atoms with Crippen LogP contribution in [0.4, 0.5) is 5.69 Å². The fourth-order valence-electron chi connectivity index (χ4n) is 3.27. The first kappa shape index (κ1) is 20.5. The van der Waals surface area contributed by atoms with Gasteiger partial charge < -0.3 is 24.4 Å². The second kappa shape index (κ2) is 8.86. The molecule has 0 saturated carbocycles. The fourth-order valence-corrected chi connectivity index (χ4v) is 3.27. The SMILES string of the molecule is COc1ccc(N2CC(NC(=O)c3ccc(OC(C)C)cc3)CC2=O)cc1OC. The maximum Gasteiger partial charge on any atom is 0.251 e. The number of anilines is 1. The molecule has 154 valence electrons. The number of benzene rings is 2. The Labute approximate surface area is 170 Å². The van der Waals surface area contributed by atoms with Gasteiger partial charge in [0.2, 0.25) is 5.91 Å². The van der Waals surface area contributed by atoms with Gasteiger partial charge in [-0.15, -0.1) is 0 Å². The van der Waals surface area contributed by atoms with Gasteiger partial charge in [-0.3, -0.25) is 9.59 Å². The highest BCUT2D eigenvalue weighted by Gasteiger charge is 2.32. The van der Waals surface area contributed by atoms with Gasteiger partial charge in [-0.2, -0.15) is 0 Å². The molecule has 7 nitrogen and oxygen atoms in total. The highest BCUT2D eigenvalue weighted by Crippen LogP contribution is 2.33. The average Bonchev–Trinajstić information content (AvgIpc) is 3.07. The molecule has 3 rings (SSSR count). The van der Waals surface area contributed by atoms with Crippen LogP contribution in [0.3, 0.4) is 0 Å². The van der Waals surface area contributed by atoms with E-state index in [9.17, 15) is 9.59 Å². The third-order valence-corrected chi connectivity index (χ3v) is 4.63. The molecule has 2 amide bonds. The summed E-state index contributed by atoms with van der Waals surface area (Å²) in [7, 11) is 3.11. The number of amides is 2. The normalized spacial score (nSPS) is 16.1. The number of rotatable bonds is 7. The van der Waals surface area contributed by atoms with Gasteiger partial charge in [-0.25, -0.2) is 0 Å². The summed E-state index contributed by atoms with van der Waals surface area (Å²) in [6.45, 7) is 4.29. The van der Waals surface area contributed by atoms with Gasteiger partial charge in [0.05, 0.1) is 26.4 Å². The lowest BCUT2D eigenvalue weighted by Gasteiger charge is -2.19. The van der Waals surface area contributed by atoms with Crippen LogP contribution in [0.5, 0.6) is 17.2 Å². The van der Waals surface area contributed by atoms with Crippen LogP contribution >= 0.6 is 0 Å². The van der Waals surface area contributed by atoms with Crippen molar-refractivity contribution in [2.75, 3.05) is 25.7 Å². The first-order chi connectivity index (χ1) is 13.9. The molecule has 1 aliphatic rings. The van der Waals surface area contributed by atoms with Gasteiger partial charge in [0.15, 0.2) is 11.5 Å². The Kier molecular flexibility index (Phi) is 6.26. The van der Waals surface area contributed by atoms with Crippen LogP contribution in [0.2, 0.25) is 0 Å². The largest absolute Gasteiger partial charge is 0.493 e. The van der Waals surface area contributed by atoms with Crippen LogP contribution in [0.15, 0.2) is 42.5 Å². The lowest BCUT2D eigenvalue weighted by atomic mass is 10.1. The van der Waals surface area contributed by atoms with Crippen molar-refractivity contribution in [2.24, 2.45) is 0 Å². The predicted molar refractivity (Wildman–Crippen MR) is 110 cm³/mol. The third kappa shape index (κ3) is 4.80. The van der Waals surface area contributed by atoms with E-state index >= 15 is 0 Å². The average molecular weight is 398 g/mol. The minimum Gasteiger partial charge on any atom is -0.493 e. The van der Waals surface area contributed by atoms with E-state index in [1.54, 1.807) is 61.6 Å². The summed E-state index contributed by atoms with van der Waals surface area (Å²) < 4.78 is 16.1. The molecule has 1 fully saturated rings. The molecule has 0 bridgehead atoms. The number of nitrogens with one attached hydrogen (secondary N) is 1. The van der Waals surface area contributed by atoms with E-state index in [1.807, 2.05) is 13.8 Å². The van der Waals surface area contributed by atoms with E-state index in [2.05, 4.69) is 5.32 Å². The lowest BCUT2D eigenvalue weighted by Crippen LogP contribution is -2.37. The number of carbonyl (C=O) groups is 2. The van der Waals surface area contributed by atoms with E-state index in [1.165, 1.54) is 0 Å². The smallest absolute Gasteiger partial charge is 0.251 e. The van der Waals surface area contributed by atoms with Crippen LogP contribution in [0, 0.1) is 0 Å². The molecule has 0 spiro atoms. The van der Waals surface area contributed by atoms with Crippen LogP contribution < -0.4 is 24.4 Å². The van der Waals surface area contributed by atoms with E-state index in [-0.39, 0.29) is 30.4 Å². The summed E-state index contributed by atoms with van der Waals surface area (Å²) >= 11 is 0. The molecule has 0 radical (unpaired) electrons. The van der Waals surface area contributed by atoms with Gasteiger partial charge in [-0.1, -0.05) is 0 Å². The molecule has 1 unspecified atom stereocenters. The Morgan fingerprint density at radius 2 is 1.76 bits per heavy atom. The number of carbonyl (C=O) groups excluding carboxylic acids is 2. The molecule has 1 atom stereocenters. The molecule has 0 aliphatic carbocycles. The second-order valence-electron chi connectivity index (χ2n) is 7.11. The molecule has 7 heteroatoms. The summed E-state index contributed by atoms with van der Waals surface area (Å²) in [5, 5.41) is 2.94. The Hall–Kier alpha value is -3.22. The summed E-state index contributed by atoms with van der Waals surface area (Å²) in [5.74, 6) is 1.59. The van der Waals surface area contributed by atoms with Crippen molar-refractivity contribution in [3.8, 4) is 17.2 Å². The molecule has 1 aliphatic heterocycles. The fraction of sp³-hybridized carbons (Fsp3) is 0.364. The first-order valence-electron chi connectivity index (χ1n) is 9.51. The molecular formula is C22H26N2O5. The monoisotopic (exact) mass is 398 g/mol. The van der Waals surface area contributed by atoms with Crippen molar-refractivity contribution < 1.29 is 23.8 Å². The summed E-state index contributed by atoms with van der Waals surface area (Å²) in [6.07, 6.45) is 0.316. The molecule has 1 heterocycles. The summed E-state index contributed by atoms with van der Waals surface area (Å²) in [4.78, 5) is 26.7. The number of hydrogen-bond donors (Lipinski definition) is 1. The van der Waals surface area contributed by atoms with E-state index < -0.39 is 0 Å². The van der Waals surface area contributed by atoms with Gasteiger partial charge >= 0.3 is 0 Å². The van der Waals surface area contributed by atoms with Crippen LogP contribution in [-0.2, 0) is 4.79 Å². The third-order valence-electron chi connectivity index (χ3n) is 4.63. The number of ether oxygens (including phenoxy) is 3. The number of nitrogens with zero attached hydrogens (tertiary/aromatic N) is 1. The zero-order valence-corrected chi connectivity index (χ0v) is 17.1. The van der Waals surface area contributed by atoms with E-state index in [0.29, 0.717) is 35.0 Å². The molecular weight excluding hydrogens is 372 g/mol. The number of methoxy groups -OCH3 is 2. The lowest BCUT2D eigenvalue weighted by molar-refractivity contribution is -0.117. The van der Waals surface area contributed by atoms with Crippen molar-refractivity contribution in [3.63, 3.8) is 0 Å². The zero-order valence-electron chi connectivity index (χ0n) is 17.1.